The third-order valence-corrected chi connectivity index (χ3v) is 5.88. The fraction of sp³-hybridized carbons (Fsp3) is 0.500. The van der Waals surface area contributed by atoms with Gasteiger partial charge in [0.1, 0.15) is 4.90 Å². The van der Waals surface area contributed by atoms with E-state index in [-0.39, 0.29) is 22.0 Å². The van der Waals surface area contributed by atoms with Crippen LogP contribution in [0.5, 0.6) is 0 Å². The van der Waals surface area contributed by atoms with E-state index in [1.54, 1.807) is 6.07 Å². The van der Waals surface area contributed by atoms with Gasteiger partial charge in [-0.2, -0.15) is 4.31 Å². The largest absolute Gasteiger partial charge is 0.311 e. The summed E-state index contributed by atoms with van der Waals surface area (Å²) in [6.45, 7) is 4.87. The minimum atomic E-state index is -3.62. The van der Waals surface area contributed by atoms with E-state index in [9.17, 15) is 8.42 Å². The molecule has 1 aliphatic rings. The average Bonchev–Trinajstić information content (AvgIpc) is 2.35. The van der Waals surface area contributed by atoms with Gasteiger partial charge in [0.25, 0.3) is 0 Å². The first-order valence-electron chi connectivity index (χ1n) is 6.02. The van der Waals surface area contributed by atoms with Crippen molar-refractivity contribution in [1.29, 1.82) is 0 Å². The Kier molecular flexibility index (Phi) is 4.42. The number of benzene rings is 1. The minimum absolute atomic E-state index is 0.0719. The van der Waals surface area contributed by atoms with Crippen LogP contribution in [-0.4, -0.2) is 37.9 Å². The van der Waals surface area contributed by atoms with E-state index in [0.29, 0.717) is 18.1 Å². The van der Waals surface area contributed by atoms with E-state index < -0.39 is 10.0 Å². The van der Waals surface area contributed by atoms with Crippen LogP contribution in [0.1, 0.15) is 13.8 Å². The number of hydrogen-bond donors (Lipinski definition) is 1. The van der Waals surface area contributed by atoms with Gasteiger partial charge in [-0.15, -0.1) is 0 Å². The molecule has 1 saturated heterocycles. The van der Waals surface area contributed by atoms with Gasteiger partial charge in [0, 0.05) is 30.2 Å². The Morgan fingerprint density at radius 2 is 2.00 bits per heavy atom. The zero-order valence-electron chi connectivity index (χ0n) is 10.7. The molecule has 2 atom stereocenters. The van der Waals surface area contributed by atoms with Crippen LogP contribution in [-0.2, 0) is 10.0 Å². The van der Waals surface area contributed by atoms with Gasteiger partial charge < -0.3 is 5.32 Å². The smallest absolute Gasteiger partial charge is 0.244 e. The van der Waals surface area contributed by atoms with Crippen molar-refractivity contribution >= 4 is 33.2 Å². The first-order valence-corrected chi connectivity index (χ1v) is 8.22. The van der Waals surface area contributed by atoms with Gasteiger partial charge in [0.05, 0.1) is 5.02 Å². The fourth-order valence-electron chi connectivity index (χ4n) is 2.12. The lowest BCUT2D eigenvalue weighted by Crippen LogP contribution is -2.56. The van der Waals surface area contributed by atoms with Crippen LogP contribution in [0.4, 0.5) is 0 Å². The van der Waals surface area contributed by atoms with Crippen molar-refractivity contribution in [3.05, 3.63) is 28.2 Å². The molecule has 1 aromatic rings. The zero-order valence-corrected chi connectivity index (χ0v) is 13.1. The van der Waals surface area contributed by atoms with Crippen molar-refractivity contribution < 1.29 is 8.42 Å². The van der Waals surface area contributed by atoms with Gasteiger partial charge >= 0.3 is 0 Å². The predicted molar refractivity (Wildman–Crippen MR) is 77.3 cm³/mol. The highest BCUT2D eigenvalue weighted by Crippen LogP contribution is 2.29. The number of piperazine rings is 1. The van der Waals surface area contributed by atoms with Crippen LogP contribution >= 0.6 is 23.2 Å². The molecule has 19 heavy (non-hydrogen) atoms. The molecule has 1 fully saturated rings. The van der Waals surface area contributed by atoms with Crippen molar-refractivity contribution in [3.8, 4) is 0 Å². The molecule has 106 valence electrons. The van der Waals surface area contributed by atoms with Crippen LogP contribution in [0.25, 0.3) is 0 Å². The lowest BCUT2D eigenvalue weighted by atomic mass is 10.2. The molecule has 0 radical (unpaired) electrons. The van der Waals surface area contributed by atoms with Gasteiger partial charge in [-0.1, -0.05) is 23.2 Å². The number of nitrogens with zero attached hydrogens (tertiary/aromatic N) is 1. The molecule has 1 aliphatic heterocycles. The van der Waals surface area contributed by atoms with Gasteiger partial charge in [-0.05, 0) is 32.0 Å². The summed E-state index contributed by atoms with van der Waals surface area (Å²) in [5, 5.41) is 3.80. The van der Waals surface area contributed by atoms with Crippen LogP contribution < -0.4 is 5.32 Å². The highest BCUT2D eigenvalue weighted by atomic mass is 35.5. The van der Waals surface area contributed by atoms with Crippen molar-refractivity contribution in [2.75, 3.05) is 13.1 Å². The van der Waals surface area contributed by atoms with Crippen LogP contribution in [0, 0.1) is 0 Å². The zero-order chi connectivity index (χ0) is 14.2. The van der Waals surface area contributed by atoms with E-state index >= 15 is 0 Å². The molecule has 7 heteroatoms. The molecule has 1 N–H and O–H groups in total. The summed E-state index contributed by atoms with van der Waals surface area (Å²) < 4.78 is 26.8. The summed E-state index contributed by atoms with van der Waals surface area (Å²) in [6, 6.07) is 4.48. The Bertz CT molecular complexity index is 577. The van der Waals surface area contributed by atoms with E-state index in [1.807, 2.05) is 13.8 Å². The van der Waals surface area contributed by atoms with E-state index in [4.69, 9.17) is 23.2 Å². The van der Waals surface area contributed by atoms with Gasteiger partial charge in [0.2, 0.25) is 10.0 Å². The van der Waals surface area contributed by atoms with Crippen molar-refractivity contribution in [2.45, 2.75) is 30.8 Å². The molecular formula is C12H16Cl2N2O2S. The van der Waals surface area contributed by atoms with E-state index in [2.05, 4.69) is 5.32 Å². The topological polar surface area (TPSA) is 49.4 Å². The molecule has 1 heterocycles. The SMILES string of the molecule is CC1CN(S(=O)(=O)c2cc(Cl)ccc2Cl)C(C)CN1. The Labute approximate surface area is 123 Å². The number of halogens is 2. The van der Waals surface area contributed by atoms with Crippen molar-refractivity contribution in [3.63, 3.8) is 0 Å². The predicted octanol–water partition coefficient (Wildman–Crippen LogP) is 2.36. The Balaban J connectivity index is 2.44. The Hall–Kier alpha value is -0.330. The van der Waals surface area contributed by atoms with Crippen molar-refractivity contribution in [1.82, 2.24) is 9.62 Å². The molecule has 4 nitrogen and oxygen atoms in total. The molecular weight excluding hydrogens is 307 g/mol. The first-order chi connectivity index (χ1) is 8.82. The summed E-state index contributed by atoms with van der Waals surface area (Å²) >= 11 is 11.9. The highest BCUT2D eigenvalue weighted by Gasteiger charge is 2.34. The summed E-state index contributed by atoms with van der Waals surface area (Å²) in [4.78, 5) is 0.0719. The van der Waals surface area contributed by atoms with Gasteiger partial charge in [0.15, 0.2) is 0 Å². The van der Waals surface area contributed by atoms with E-state index in [0.717, 1.165) is 0 Å². The maximum absolute atomic E-state index is 12.7. The second kappa shape index (κ2) is 5.58. The maximum Gasteiger partial charge on any atom is 0.244 e. The Morgan fingerprint density at radius 3 is 2.68 bits per heavy atom. The molecule has 1 aromatic carbocycles. The lowest BCUT2D eigenvalue weighted by molar-refractivity contribution is 0.244. The highest BCUT2D eigenvalue weighted by molar-refractivity contribution is 7.89. The standard InChI is InChI=1S/C12H16Cl2N2O2S/c1-8-7-16(9(2)6-15-8)19(17,18)12-5-10(13)3-4-11(12)14/h3-5,8-9,15H,6-7H2,1-2H3. The van der Waals surface area contributed by atoms with E-state index in [1.165, 1.54) is 16.4 Å². The molecule has 2 rings (SSSR count). The summed E-state index contributed by atoms with van der Waals surface area (Å²) in [7, 11) is -3.62. The normalized spacial score (nSPS) is 25.5. The fourth-order valence-corrected chi connectivity index (χ4v) is 4.58. The van der Waals surface area contributed by atoms with Gasteiger partial charge in [-0.3, -0.25) is 0 Å². The third kappa shape index (κ3) is 3.06. The molecule has 0 amide bonds. The monoisotopic (exact) mass is 322 g/mol. The summed E-state index contributed by atoms with van der Waals surface area (Å²) in [6.07, 6.45) is 0. The number of nitrogens with one attached hydrogen (secondary N) is 1. The van der Waals surface area contributed by atoms with Crippen LogP contribution in [0.3, 0.4) is 0 Å². The quantitative estimate of drug-likeness (QED) is 0.909. The minimum Gasteiger partial charge on any atom is -0.311 e. The van der Waals surface area contributed by atoms with Crippen molar-refractivity contribution in [2.24, 2.45) is 0 Å². The lowest BCUT2D eigenvalue weighted by Gasteiger charge is -2.36. The second-order valence-corrected chi connectivity index (χ2v) is 7.51. The molecule has 0 saturated carbocycles. The molecule has 0 aliphatic carbocycles. The number of hydrogen-bond acceptors (Lipinski definition) is 3. The summed E-state index contributed by atoms with van der Waals surface area (Å²) in [5.41, 5.74) is 0. The third-order valence-electron chi connectivity index (χ3n) is 3.19. The van der Waals surface area contributed by atoms with Gasteiger partial charge in [-0.25, -0.2) is 8.42 Å². The van der Waals surface area contributed by atoms with Crippen LogP contribution in [0.15, 0.2) is 23.1 Å². The molecule has 0 spiro atoms. The average molecular weight is 323 g/mol. The molecule has 0 bridgehead atoms. The maximum atomic E-state index is 12.7. The van der Waals surface area contributed by atoms with Crippen LogP contribution in [0.2, 0.25) is 10.0 Å². The Morgan fingerprint density at radius 1 is 1.32 bits per heavy atom. The first kappa shape index (κ1) is 15.1. The second-order valence-electron chi connectivity index (χ2n) is 4.81. The molecule has 0 aromatic heterocycles. The number of rotatable bonds is 2. The summed E-state index contributed by atoms with van der Waals surface area (Å²) in [5.74, 6) is 0. The number of sulfonamides is 1. The molecule has 2 unspecified atom stereocenters.